The minimum atomic E-state index is -0.812. The molecular weight excluding hydrogens is 296 g/mol. The van der Waals surface area contributed by atoms with E-state index in [-0.39, 0.29) is 12.4 Å². The summed E-state index contributed by atoms with van der Waals surface area (Å²) in [5.74, 6) is -0.167. The largest absolute Gasteiger partial charge is 0.514 e. The van der Waals surface area contributed by atoms with E-state index in [0.29, 0.717) is 5.56 Å². The minimum absolute atomic E-state index is 0.105. The molecule has 0 N–H and O–H groups in total. The van der Waals surface area contributed by atoms with Gasteiger partial charge in [-0.15, -0.1) is 0 Å². The van der Waals surface area contributed by atoms with Crippen LogP contribution in [0.2, 0.25) is 0 Å². The van der Waals surface area contributed by atoms with Crippen LogP contribution in [0.3, 0.4) is 0 Å². The molecule has 2 rings (SSSR count). The molecule has 0 aliphatic carbocycles. The summed E-state index contributed by atoms with van der Waals surface area (Å²) in [6.07, 6.45) is 2.75. The first-order valence-electron chi connectivity index (χ1n) is 6.93. The van der Waals surface area contributed by atoms with Crippen molar-refractivity contribution in [2.45, 2.75) is 0 Å². The summed E-state index contributed by atoms with van der Waals surface area (Å²) >= 11 is 0. The van der Waals surface area contributed by atoms with E-state index in [9.17, 15) is 9.59 Å². The Morgan fingerprint density at radius 2 is 1.70 bits per heavy atom. The highest BCUT2D eigenvalue weighted by Gasteiger charge is 2.08. The molecule has 0 saturated heterocycles. The van der Waals surface area contributed by atoms with E-state index in [1.165, 1.54) is 31.4 Å². The van der Waals surface area contributed by atoms with Gasteiger partial charge >= 0.3 is 12.1 Å². The molecule has 0 aliphatic rings. The number of carbonyl (C=O) groups is 2. The summed E-state index contributed by atoms with van der Waals surface area (Å²) in [5.41, 5.74) is 1.39. The van der Waals surface area contributed by atoms with Crippen molar-refractivity contribution in [1.29, 1.82) is 0 Å². The molecule has 0 radical (unpaired) electrons. The van der Waals surface area contributed by atoms with Crippen molar-refractivity contribution in [3.05, 3.63) is 71.8 Å². The third-order valence-electron chi connectivity index (χ3n) is 2.88. The Hall–Kier alpha value is -3.08. The number of carbonyl (C=O) groups excluding carboxylic acids is 2. The molecule has 0 spiro atoms. The van der Waals surface area contributed by atoms with Gasteiger partial charge in [-0.2, -0.15) is 0 Å². The Kier molecular flexibility index (Phi) is 5.94. The van der Waals surface area contributed by atoms with E-state index in [4.69, 9.17) is 9.47 Å². The highest BCUT2D eigenvalue weighted by atomic mass is 16.7. The second-order valence-corrected chi connectivity index (χ2v) is 4.49. The molecule has 0 aliphatic heterocycles. The number of methoxy groups -OCH3 is 1. The van der Waals surface area contributed by atoms with Crippen LogP contribution in [0.25, 0.3) is 6.08 Å². The Labute approximate surface area is 134 Å². The van der Waals surface area contributed by atoms with Gasteiger partial charge in [-0.25, -0.2) is 9.59 Å². The van der Waals surface area contributed by atoms with Crippen molar-refractivity contribution in [2.75, 3.05) is 13.7 Å². The molecule has 0 saturated carbocycles. The molecule has 0 unspecified atom stereocenters. The van der Waals surface area contributed by atoms with E-state index >= 15 is 0 Å². The molecular formula is C18H16O5. The molecule has 0 atom stereocenters. The van der Waals surface area contributed by atoms with Crippen molar-refractivity contribution in [1.82, 2.24) is 0 Å². The predicted octanol–water partition coefficient (Wildman–Crippen LogP) is 3.70. The summed E-state index contributed by atoms with van der Waals surface area (Å²) in [4.78, 5) is 22.8. The van der Waals surface area contributed by atoms with Crippen molar-refractivity contribution >= 4 is 18.2 Å². The van der Waals surface area contributed by atoms with Gasteiger partial charge in [0.05, 0.1) is 12.7 Å². The summed E-state index contributed by atoms with van der Waals surface area (Å²) in [6, 6.07) is 15.7. The zero-order chi connectivity index (χ0) is 16.5. The molecule has 0 fully saturated rings. The van der Waals surface area contributed by atoms with Crippen molar-refractivity contribution in [3.8, 4) is 5.75 Å². The predicted molar refractivity (Wildman–Crippen MR) is 85.2 cm³/mol. The first-order chi connectivity index (χ1) is 11.2. The van der Waals surface area contributed by atoms with Gasteiger partial charge in [0.2, 0.25) is 0 Å². The highest BCUT2D eigenvalue weighted by molar-refractivity contribution is 5.89. The van der Waals surface area contributed by atoms with E-state index < -0.39 is 12.1 Å². The van der Waals surface area contributed by atoms with Crippen LogP contribution >= 0.6 is 0 Å². The van der Waals surface area contributed by atoms with Gasteiger partial charge in [-0.1, -0.05) is 36.4 Å². The number of ether oxygens (including phenoxy) is 3. The zero-order valence-corrected chi connectivity index (χ0v) is 12.6. The van der Waals surface area contributed by atoms with Crippen molar-refractivity contribution in [3.63, 3.8) is 0 Å². The number of esters is 1. The molecule has 0 aromatic heterocycles. The molecule has 118 valence electrons. The quantitative estimate of drug-likeness (QED) is 0.622. The zero-order valence-electron chi connectivity index (χ0n) is 12.6. The van der Waals surface area contributed by atoms with Crippen LogP contribution in [0, 0.1) is 0 Å². The van der Waals surface area contributed by atoms with Crippen LogP contribution in [0.1, 0.15) is 15.9 Å². The molecule has 5 nitrogen and oxygen atoms in total. The fourth-order valence-corrected chi connectivity index (χ4v) is 1.77. The van der Waals surface area contributed by atoms with Crippen LogP contribution < -0.4 is 4.74 Å². The molecule has 2 aromatic rings. The van der Waals surface area contributed by atoms with Gasteiger partial charge in [-0.3, -0.25) is 0 Å². The third kappa shape index (κ3) is 5.32. The molecule has 0 amide bonds. The van der Waals surface area contributed by atoms with Crippen LogP contribution in [0.4, 0.5) is 4.79 Å². The Balaban J connectivity index is 1.78. The maximum absolute atomic E-state index is 11.5. The highest BCUT2D eigenvalue weighted by Crippen LogP contribution is 2.13. The van der Waals surface area contributed by atoms with Crippen molar-refractivity contribution < 1.29 is 23.8 Å². The molecule has 5 heteroatoms. The normalized spacial score (nSPS) is 10.3. The van der Waals surface area contributed by atoms with Gasteiger partial charge in [-0.05, 0) is 35.9 Å². The fraction of sp³-hybridized carbons (Fsp3) is 0.111. The Bertz CT molecular complexity index is 674. The summed E-state index contributed by atoms with van der Waals surface area (Å²) in [6.45, 7) is 0.105. The van der Waals surface area contributed by atoms with Gasteiger partial charge in [0.1, 0.15) is 12.4 Å². The lowest BCUT2D eigenvalue weighted by atomic mass is 10.2. The average Bonchev–Trinajstić information content (AvgIpc) is 2.59. The van der Waals surface area contributed by atoms with E-state index in [2.05, 4.69) is 4.74 Å². The Morgan fingerprint density at radius 3 is 2.35 bits per heavy atom. The van der Waals surface area contributed by atoms with E-state index in [0.717, 1.165) is 5.56 Å². The van der Waals surface area contributed by atoms with Gasteiger partial charge in [0, 0.05) is 0 Å². The molecule has 0 heterocycles. The summed E-state index contributed by atoms with van der Waals surface area (Å²) in [7, 11) is 1.30. The first kappa shape index (κ1) is 16.3. The van der Waals surface area contributed by atoms with Crippen LogP contribution in [0.15, 0.2) is 60.7 Å². The molecule has 2 aromatic carbocycles. The molecule has 23 heavy (non-hydrogen) atoms. The maximum Gasteiger partial charge on any atom is 0.514 e. The first-order valence-corrected chi connectivity index (χ1v) is 6.93. The van der Waals surface area contributed by atoms with Crippen LogP contribution in [0.5, 0.6) is 5.75 Å². The van der Waals surface area contributed by atoms with Gasteiger partial charge in [0.15, 0.2) is 0 Å². The lowest BCUT2D eigenvalue weighted by molar-refractivity contribution is 0.0600. The Morgan fingerprint density at radius 1 is 1.00 bits per heavy atom. The lowest BCUT2D eigenvalue weighted by Gasteiger charge is -2.05. The SMILES string of the molecule is COC(=O)c1ccc(OC(=O)OC/C=C/c2ccccc2)cc1. The average molecular weight is 312 g/mol. The molecule has 0 bridgehead atoms. The third-order valence-corrected chi connectivity index (χ3v) is 2.88. The topological polar surface area (TPSA) is 61.8 Å². The van der Waals surface area contributed by atoms with Crippen LogP contribution in [-0.2, 0) is 9.47 Å². The van der Waals surface area contributed by atoms with Crippen LogP contribution in [-0.4, -0.2) is 25.8 Å². The number of rotatable bonds is 5. The maximum atomic E-state index is 11.5. The second-order valence-electron chi connectivity index (χ2n) is 4.49. The van der Waals surface area contributed by atoms with Gasteiger partial charge in [0.25, 0.3) is 0 Å². The van der Waals surface area contributed by atoms with E-state index in [1.54, 1.807) is 6.08 Å². The van der Waals surface area contributed by atoms with Gasteiger partial charge < -0.3 is 14.2 Å². The number of hydrogen-bond acceptors (Lipinski definition) is 5. The monoisotopic (exact) mass is 312 g/mol. The van der Waals surface area contributed by atoms with Crippen molar-refractivity contribution in [2.24, 2.45) is 0 Å². The summed E-state index contributed by atoms with van der Waals surface area (Å²) < 4.78 is 14.5. The smallest absolute Gasteiger partial charge is 0.465 e. The minimum Gasteiger partial charge on any atom is -0.465 e. The number of benzene rings is 2. The number of hydrogen-bond donors (Lipinski definition) is 0. The second kappa shape index (κ2) is 8.38. The van der Waals surface area contributed by atoms with E-state index in [1.807, 2.05) is 36.4 Å². The standard InChI is InChI=1S/C18H16O5/c1-21-17(19)15-9-11-16(12-10-15)23-18(20)22-13-5-8-14-6-3-2-4-7-14/h2-12H,13H2,1H3/b8-5+. The summed E-state index contributed by atoms with van der Waals surface area (Å²) in [5, 5.41) is 0. The lowest BCUT2D eigenvalue weighted by Crippen LogP contribution is -2.10. The fourth-order valence-electron chi connectivity index (χ4n) is 1.77.